The van der Waals surface area contributed by atoms with Crippen molar-refractivity contribution in [3.05, 3.63) is 48.0 Å². The van der Waals surface area contributed by atoms with E-state index in [4.69, 9.17) is 0 Å². The quantitative estimate of drug-likeness (QED) is 0.918. The molecule has 1 N–H and O–H groups in total. The molecule has 0 saturated carbocycles. The second-order valence-corrected chi connectivity index (χ2v) is 6.10. The number of fused-ring (bicyclic) bond motifs is 2. The van der Waals surface area contributed by atoms with Crippen molar-refractivity contribution in [1.29, 1.82) is 0 Å². The smallest absolute Gasteiger partial charge is 0.259 e. The molecule has 0 fully saturated rings. The molecule has 0 atom stereocenters. The molecule has 2 aromatic rings. The zero-order valence-electron chi connectivity index (χ0n) is 12.4. The van der Waals surface area contributed by atoms with Crippen LogP contribution in [0, 0.1) is 0 Å². The Kier molecular flexibility index (Phi) is 3.90. The summed E-state index contributed by atoms with van der Waals surface area (Å²) in [6.45, 7) is 3.99. The highest BCUT2D eigenvalue weighted by Crippen LogP contribution is 2.42. The van der Waals surface area contributed by atoms with Gasteiger partial charge < -0.3 is 10.2 Å². The number of nitrogens with zero attached hydrogens (tertiary/aromatic N) is 1. The molecule has 5 heteroatoms. The van der Waals surface area contributed by atoms with Gasteiger partial charge in [-0.05, 0) is 37.3 Å². The summed E-state index contributed by atoms with van der Waals surface area (Å²) in [6.07, 6.45) is 0. The maximum atomic E-state index is 12.8. The van der Waals surface area contributed by atoms with Gasteiger partial charge in [0, 0.05) is 28.9 Å². The summed E-state index contributed by atoms with van der Waals surface area (Å²) in [5.74, 6) is -0.136. The van der Waals surface area contributed by atoms with Crippen LogP contribution in [-0.4, -0.2) is 18.4 Å². The molecular formula is C17H16N2O2S. The molecule has 0 radical (unpaired) electrons. The first-order chi connectivity index (χ1) is 10.6. The fourth-order valence-electron chi connectivity index (χ4n) is 2.52. The lowest BCUT2D eigenvalue weighted by atomic mass is 10.1. The minimum atomic E-state index is -0.126. The van der Waals surface area contributed by atoms with Gasteiger partial charge in [-0.3, -0.25) is 9.59 Å². The molecule has 1 aliphatic heterocycles. The van der Waals surface area contributed by atoms with Gasteiger partial charge in [0.05, 0.1) is 11.3 Å². The van der Waals surface area contributed by atoms with E-state index < -0.39 is 0 Å². The molecule has 3 rings (SSSR count). The first kappa shape index (κ1) is 14.7. The lowest BCUT2D eigenvalue weighted by Gasteiger charge is -2.21. The van der Waals surface area contributed by atoms with Gasteiger partial charge in [0.1, 0.15) is 0 Å². The van der Waals surface area contributed by atoms with Crippen molar-refractivity contribution in [3.8, 4) is 0 Å². The molecule has 22 heavy (non-hydrogen) atoms. The molecule has 0 saturated heterocycles. The van der Waals surface area contributed by atoms with E-state index in [-0.39, 0.29) is 11.8 Å². The van der Waals surface area contributed by atoms with E-state index in [9.17, 15) is 9.59 Å². The fourth-order valence-corrected chi connectivity index (χ4v) is 3.57. The van der Waals surface area contributed by atoms with Gasteiger partial charge in [0.2, 0.25) is 5.91 Å². The van der Waals surface area contributed by atoms with Crippen molar-refractivity contribution in [2.45, 2.75) is 23.6 Å². The third kappa shape index (κ3) is 2.60. The van der Waals surface area contributed by atoms with E-state index in [1.54, 1.807) is 16.7 Å². The van der Waals surface area contributed by atoms with Crippen molar-refractivity contribution in [1.82, 2.24) is 0 Å². The maximum Gasteiger partial charge on any atom is 0.259 e. The number of hydrogen-bond acceptors (Lipinski definition) is 3. The molecule has 0 aromatic heterocycles. The SMILES string of the molecule is CCN1C(=O)c2ccccc2Sc2ccc(NC(C)=O)cc21. The first-order valence-corrected chi connectivity index (χ1v) is 7.92. The molecule has 0 bridgehead atoms. The van der Waals surface area contributed by atoms with Crippen molar-refractivity contribution in [2.75, 3.05) is 16.8 Å². The lowest BCUT2D eigenvalue weighted by Crippen LogP contribution is -2.30. The Labute approximate surface area is 133 Å². The number of carbonyl (C=O) groups is 2. The number of rotatable bonds is 2. The van der Waals surface area contributed by atoms with Crippen LogP contribution < -0.4 is 10.2 Å². The van der Waals surface area contributed by atoms with Gasteiger partial charge >= 0.3 is 0 Å². The Bertz CT molecular complexity index is 758. The molecule has 112 valence electrons. The summed E-state index contributed by atoms with van der Waals surface area (Å²) in [7, 11) is 0. The summed E-state index contributed by atoms with van der Waals surface area (Å²) < 4.78 is 0. The Balaban J connectivity index is 2.13. The Hall–Kier alpha value is -2.27. The van der Waals surface area contributed by atoms with E-state index in [1.165, 1.54) is 6.92 Å². The minimum absolute atomic E-state index is 0.00988. The third-order valence-electron chi connectivity index (χ3n) is 3.47. The van der Waals surface area contributed by atoms with E-state index in [2.05, 4.69) is 5.32 Å². The Morgan fingerprint density at radius 2 is 1.95 bits per heavy atom. The van der Waals surface area contributed by atoms with Gasteiger partial charge in [0.15, 0.2) is 0 Å². The lowest BCUT2D eigenvalue weighted by molar-refractivity contribution is -0.114. The van der Waals surface area contributed by atoms with Crippen LogP contribution >= 0.6 is 11.8 Å². The second-order valence-electron chi connectivity index (χ2n) is 5.01. The van der Waals surface area contributed by atoms with Crippen LogP contribution in [0.4, 0.5) is 11.4 Å². The van der Waals surface area contributed by atoms with Gasteiger partial charge in [0.25, 0.3) is 5.91 Å². The summed E-state index contributed by atoms with van der Waals surface area (Å²) in [6, 6.07) is 13.3. The van der Waals surface area contributed by atoms with E-state index in [0.29, 0.717) is 17.8 Å². The Morgan fingerprint density at radius 1 is 1.18 bits per heavy atom. The van der Waals surface area contributed by atoms with Crippen molar-refractivity contribution >= 4 is 35.0 Å². The highest BCUT2D eigenvalue weighted by Gasteiger charge is 2.26. The van der Waals surface area contributed by atoms with E-state index in [1.807, 2.05) is 49.4 Å². The van der Waals surface area contributed by atoms with Crippen molar-refractivity contribution in [3.63, 3.8) is 0 Å². The highest BCUT2D eigenvalue weighted by molar-refractivity contribution is 7.99. The molecule has 0 aliphatic carbocycles. The number of benzene rings is 2. The topological polar surface area (TPSA) is 49.4 Å². The third-order valence-corrected chi connectivity index (χ3v) is 4.61. The zero-order chi connectivity index (χ0) is 15.7. The van der Waals surface area contributed by atoms with Gasteiger partial charge in [-0.15, -0.1) is 0 Å². The molecule has 2 aromatic carbocycles. The molecule has 1 aliphatic rings. The van der Waals surface area contributed by atoms with Crippen LogP contribution in [0.25, 0.3) is 0 Å². The molecule has 2 amide bonds. The highest BCUT2D eigenvalue weighted by atomic mass is 32.2. The minimum Gasteiger partial charge on any atom is -0.326 e. The van der Waals surface area contributed by atoms with Crippen LogP contribution in [0.15, 0.2) is 52.3 Å². The Morgan fingerprint density at radius 3 is 2.68 bits per heavy atom. The van der Waals surface area contributed by atoms with Gasteiger partial charge in [-0.2, -0.15) is 0 Å². The molecule has 4 nitrogen and oxygen atoms in total. The van der Waals surface area contributed by atoms with Crippen molar-refractivity contribution in [2.24, 2.45) is 0 Å². The fraction of sp³-hybridized carbons (Fsp3) is 0.176. The van der Waals surface area contributed by atoms with E-state index >= 15 is 0 Å². The number of hydrogen-bond donors (Lipinski definition) is 1. The molecule has 0 unspecified atom stereocenters. The summed E-state index contributed by atoms with van der Waals surface area (Å²) in [5, 5.41) is 2.77. The second kappa shape index (κ2) is 5.85. The van der Waals surface area contributed by atoms with Crippen LogP contribution in [0.2, 0.25) is 0 Å². The predicted octanol–water partition coefficient (Wildman–Crippen LogP) is 3.78. The molecular weight excluding hydrogens is 296 g/mol. The van der Waals surface area contributed by atoms with Crippen LogP contribution in [-0.2, 0) is 4.79 Å². The van der Waals surface area contributed by atoms with Crippen LogP contribution in [0.5, 0.6) is 0 Å². The predicted molar refractivity (Wildman–Crippen MR) is 88.7 cm³/mol. The molecule has 0 spiro atoms. The van der Waals surface area contributed by atoms with E-state index in [0.717, 1.165) is 15.5 Å². The van der Waals surface area contributed by atoms with Crippen molar-refractivity contribution < 1.29 is 9.59 Å². The molecule has 1 heterocycles. The average Bonchev–Trinajstić information content (AvgIpc) is 2.61. The number of carbonyl (C=O) groups excluding carboxylic acids is 2. The summed E-state index contributed by atoms with van der Waals surface area (Å²) in [5.41, 5.74) is 2.25. The van der Waals surface area contributed by atoms with Crippen LogP contribution in [0.3, 0.4) is 0 Å². The van der Waals surface area contributed by atoms with Gasteiger partial charge in [-0.25, -0.2) is 0 Å². The summed E-state index contributed by atoms with van der Waals surface area (Å²) >= 11 is 1.58. The summed E-state index contributed by atoms with van der Waals surface area (Å²) in [4.78, 5) is 27.7. The maximum absolute atomic E-state index is 12.8. The number of amides is 2. The number of anilines is 2. The normalized spacial score (nSPS) is 13.2. The zero-order valence-corrected chi connectivity index (χ0v) is 13.2. The average molecular weight is 312 g/mol. The number of nitrogens with one attached hydrogen (secondary N) is 1. The van der Waals surface area contributed by atoms with Gasteiger partial charge in [-0.1, -0.05) is 23.9 Å². The first-order valence-electron chi connectivity index (χ1n) is 7.10. The standard InChI is InChI=1S/C17H16N2O2S/c1-3-19-14-10-12(18-11(2)20)8-9-16(14)22-15-7-5-4-6-13(15)17(19)21/h4-10H,3H2,1-2H3,(H,18,20). The van der Waals surface area contributed by atoms with Crippen LogP contribution in [0.1, 0.15) is 24.2 Å². The monoisotopic (exact) mass is 312 g/mol. The largest absolute Gasteiger partial charge is 0.326 e.